The van der Waals surface area contributed by atoms with E-state index in [2.05, 4.69) is 0 Å². The third-order valence-electron chi connectivity index (χ3n) is 6.14. The summed E-state index contributed by atoms with van der Waals surface area (Å²) in [6, 6.07) is 7.04. The first-order valence-electron chi connectivity index (χ1n) is 17.8. The Balaban J connectivity index is 2.01. The van der Waals surface area contributed by atoms with Crippen LogP contribution in [-0.4, -0.2) is 0 Å². The average Bonchev–Trinajstić information content (AvgIpc) is 3.08. The van der Waals surface area contributed by atoms with E-state index < -0.39 is 84.1 Å². The van der Waals surface area contributed by atoms with Crippen molar-refractivity contribution in [3.05, 3.63) is 133 Å². The van der Waals surface area contributed by atoms with Crippen LogP contribution in [0.3, 0.4) is 0 Å². The molecule has 0 aliphatic rings. The lowest BCUT2D eigenvalue weighted by molar-refractivity contribution is 0.867. The first-order chi connectivity index (χ1) is 22.6. The molecule has 6 aromatic rings. The van der Waals surface area contributed by atoms with Gasteiger partial charge in [-0.25, -0.2) is 0 Å². The van der Waals surface area contributed by atoms with Crippen LogP contribution in [0.2, 0.25) is 0 Å². The van der Waals surface area contributed by atoms with Gasteiger partial charge in [0.05, 0.1) is 17.8 Å². The maximum atomic E-state index is 9.17. The second kappa shape index (κ2) is 8.89. The molecule has 0 aliphatic carbocycles. The van der Waals surface area contributed by atoms with Crippen LogP contribution < -0.4 is 0 Å². The van der Waals surface area contributed by atoms with Crippen molar-refractivity contribution in [1.29, 1.82) is 0 Å². The van der Waals surface area contributed by atoms with Gasteiger partial charge >= 0.3 is 0 Å². The average molecular weight is 462 g/mol. The van der Waals surface area contributed by atoms with Crippen molar-refractivity contribution in [1.82, 2.24) is 0 Å². The maximum Gasteiger partial charge on any atom is 0.0629 e. The summed E-state index contributed by atoms with van der Waals surface area (Å²) in [6.45, 7) is 3.98. The normalized spacial score (nSPS) is 16.6. The molecule has 168 valence electrons. The Morgan fingerprint density at radius 3 is 1.51 bits per heavy atom. The number of rotatable bonds is 4. The van der Waals surface area contributed by atoms with Crippen LogP contribution in [0.15, 0.2) is 127 Å². The van der Waals surface area contributed by atoms with E-state index in [1.54, 1.807) is 0 Å². The van der Waals surface area contributed by atoms with Gasteiger partial charge in [0.25, 0.3) is 0 Å². The summed E-state index contributed by atoms with van der Waals surface area (Å²) in [4.78, 5) is 0. The van der Waals surface area contributed by atoms with Crippen LogP contribution >= 0.6 is 0 Å². The summed E-state index contributed by atoms with van der Waals surface area (Å²) in [5.74, 6) is -0.00197. The quantitative estimate of drug-likeness (QED) is 0.229. The molecule has 0 aliphatic heterocycles. The summed E-state index contributed by atoms with van der Waals surface area (Å²) < 4.78 is 114. The predicted octanol–water partition coefficient (Wildman–Crippen LogP) is 10.1. The fourth-order valence-electron chi connectivity index (χ4n) is 4.47. The molecule has 0 fully saturated rings. The minimum absolute atomic E-state index is 0.00197. The SMILES string of the molecule is [2H]c1c([2H])c([2H])c(-c2c3c([2H])c([2H])c([2H])c([2H])c3c(-c3cc(-c4ccccc4)cc(C(C)C)c3)c3c([2H])c([2H])c([2H])c([2H])c23)c([2H])c1[2H]. The highest BCUT2D eigenvalue weighted by atomic mass is 14.2. The van der Waals surface area contributed by atoms with E-state index in [4.69, 9.17) is 15.1 Å². The molecule has 0 aromatic heterocycles. The van der Waals surface area contributed by atoms with Crippen LogP contribution in [0.5, 0.6) is 0 Å². The molecule has 0 heterocycles. The zero-order valence-electron chi connectivity index (χ0n) is 32.2. The lowest BCUT2D eigenvalue weighted by Crippen LogP contribution is -1.94. The van der Waals surface area contributed by atoms with Gasteiger partial charge in [0, 0.05) is 0 Å². The smallest absolute Gasteiger partial charge is 0.0622 e. The lowest BCUT2D eigenvalue weighted by Gasteiger charge is -2.19. The van der Waals surface area contributed by atoms with E-state index in [0.717, 1.165) is 16.7 Å². The molecule has 0 radical (unpaired) electrons. The Labute approximate surface area is 225 Å². The van der Waals surface area contributed by atoms with E-state index >= 15 is 0 Å². The third-order valence-corrected chi connectivity index (χ3v) is 6.14. The van der Waals surface area contributed by atoms with Crippen molar-refractivity contribution >= 4 is 21.5 Å². The standard InChI is InChI=1S/C35H28/c1-24(2)27-21-28(25-13-5-3-6-14-25)23-29(22-27)35-32-19-11-9-17-30(32)34(26-15-7-4-8-16-26)31-18-10-12-20-33(31)35/h3-24H,1-2H3/i4D,7D,8D,9D,10D,11D,12D,15D,16D,17D,18D,19D,20D. The molecule has 0 amide bonds. The van der Waals surface area contributed by atoms with Crippen LogP contribution in [0.1, 0.15) is 43.1 Å². The Morgan fingerprint density at radius 1 is 0.486 bits per heavy atom. The van der Waals surface area contributed by atoms with E-state index in [-0.39, 0.29) is 38.6 Å². The Kier molecular flexibility index (Phi) is 2.92. The van der Waals surface area contributed by atoms with Crippen LogP contribution in [0, 0.1) is 0 Å². The lowest BCUT2D eigenvalue weighted by atomic mass is 9.84. The maximum absolute atomic E-state index is 9.17. The van der Waals surface area contributed by atoms with E-state index in [9.17, 15) is 2.74 Å². The van der Waals surface area contributed by atoms with Gasteiger partial charge in [-0.15, -0.1) is 0 Å². The van der Waals surface area contributed by atoms with Crippen molar-refractivity contribution < 1.29 is 17.8 Å². The fraction of sp³-hybridized carbons (Fsp3) is 0.0857. The Bertz CT molecular complexity index is 2240. The molecule has 0 nitrogen and oxygen atoms in total. The molecule has 0 N–H and O–H groups in total. The molecule has 35 heavy (non-hydrogen) atoms. The molecule has 6 rings (SSSR count). The van der Waals surface area contributed by atoms with Gasteiger partial charge in [0.1, 0.15) is 0 Å². The highest BCUT2D eigenvalue weighted by Gasteiger charge is 2.17. The van der Waals surface area contributed by atoms with Crippen molar-refractivity contribution in [3.63, 3.8) is 0 Å². The molecule has 0 heteroatoms. The third kappa shape index (κ3) is 3.82. The van der Waals surface area contributed by atoms with Gasteiger partial charge < -0.3 is 0 Å². The predicted molar refractivity (Wildman–Crippen MR) is 152 cm³/mol. The van der Waals surface area contributed by atoms with Gasteiger partial charge in [-0.2, -0.15) is 0 Å². The molecule has 0 saturated heterocycles. The summed E-state index contributed by atoms with van der Waals surface area (Å²) in [5.41, 5.74) is 2.32. The summed E-state index contributed by atoms with van der Waals surface area (Å²) in [6.07, 6.45) is 0. The molecule has 0 unspecified atom stereocenters. The number of benzene rings is 6. The van der Waals surface area contributed by atoms with Gasteiger partial charge in [-0.3, -0.25) is 0 Å². The topological polar surface area (TPSA) is 0 Å². The van der Waals surface area contributed by atoms with Crippen molar-refractivity contribution in [2.45, 2.75) is 19.8 Å². The second-order valence-electron chi connectivity index (χ2n) is 8.61. The van der Waals surface area contributed by atoms with E-state index in [0.29, 0.717) is 5.56 Å². The first kappa shape index (κ1) is 11.5. The van der Waals surface area contributed by atoms with Gasteiger partial charge in [-0.05, 0) is 72.5 Å². The number of fused-ring (bicyclic) bond motifs is 2. The minimum Gasteiger partial charge on any atom is -0.0622 e. The Hall–Kier alpha value is -4.16. The number of hydrogen-bond acceptors (Lipinski definition) is 0. The van der Waals surface area contributed by atoms with Crippen molar-refractivity contribution in [2.75, 3.05) is 0 Å². The summed E-state index contributed by atoms with van der Waals surface area (Å²) in [5, 5.41) is -0.632. The number of hydrogen-bond donors (Lipinski definition) is 0. The molecule has 0 bridgehead atoms. The van der Waals surface area contributed by atoms with Gasteiger partial charge in [0.15, 0.2) is 0 Å². The van der Waals surface area contributed by atoms with Gasteiger partial charge in [0.2, 0.25) is 0 Å². The molecule has 6 aromatic carbocycles. The summed E-state index contributed by atoms with van der Waals surface area (Å²) >= 11 is 0. The molecule has 0 saturated carbocycles. The minimum atomic E-state index is -0.699. The monoisotopic (exact) mass is 461 g/mol. The molecule has 0 spiro atoms. The molecule has 0 atom stereocenters. The largest absolute Gasteiger partial charge is 0.0629 e. The fourth-order valence-corrected chi connectivity index (χ4v) is 4.47. The zero-order chi connectivity index (χ0) is 35.1. The Morgan fingerprint density at radius 2 is 0.971 bits per heavy atom. The van der Waals surface area contributed by atoms with Crippen molar-refractivity contribution in [2.24, 2.45) is 0 Å². The van der Waals surface area contributed by atoms with Crippen LogP contribution in [0.4, 0.5) is 0 Å². The van der Waals surface area contributed by atoms with Crippen LogP contribution in [0.25, 0.3) is 54.9 Å². The van der Waals surface area contributed by atoms with E-state index in [1.807, 2.05) is 62.4 Å². The molecular weight excluding hydrogens is 420 g/mol. The summed E-state index contributed by atoms with van der Waals surface area (Å²) in [7, 11) is 0. The van der Waals surface area contributed by atoms with Crippen LogP contribution in [-0.2, 0) is 0 Å². The highest BCUT2D eigenvalue weighted by molar-refractivity contribution is 6.21. The van der Waals surface area contributed by atoms with Gasteiger partial charge in [-0.1, -0.05) is 135 Å². The molecular formula is C35H28. The highest BCUT2D eigenvalue weighted by Crippen LogP contribution is 2.44. The second-order valence-corrected chi connectivity index (χ2v) is 8.61. The first-order valence-corrected chi connectivity index (χ1v) is 11.3. The van der Waals surface area contributed by atoms with Crippen molar-refractivity contribution in [3.8, 4) is 33.4 Å². The zero-order valence-corrected chi connectivity index (χ0v) is 19.2. The van der Waals surface area contributed by atoms with E-state index in [1.165, 1.54) is 0 Å².